The number of oxazole rings is 1. The van der Waals surface area contributed by atoms with Gasteiger partial charge in [-0.05, 0) is 19.1 Å². The van der Waals surface area contributed by atoms with Crippen molar-refractivity contribution in [3.63, 3.8) is 0 Å². The van der Waals surface area contributed by atoms with Gasteiger partial charge in [-0.25, -0.2) is 15.0 Å². The van der Waals surface area contributed by atoms with Gasteiger partial charge in [-0.3, -0.25) is 0 Å². The number of aryl methyl sites for hydroxylation is 1. The number of rotatable bonds is 6. The zero-order chi connectivity index (χ0) is 16.9. The normalized spacial score (nSPS) is 10.8. The fourth-order valence-corrected chi connectivity index (χ4v) is 2.22. The number of anilines is 1. The maximum atomic E-state index is 5.55. The lowest BCUT2D eigenvalue weighted by molar-refractivity contribution is 0.570. The van der Waals surface area contributed by atoms with Gasteiger partial charge in [0.1, 0.15) is 6.26 Å². The highest BCUT2D eigenvalue weighted by molar-refractivity contribution is 5.53. The van der Waals surface area contributed by atoms with Crippen LogP contribution in [0.4, 0.5) is 5.95 Å². The number of aromatic nitrogens is 3. The average molecular weight is 323 g/mol. The molecule has 2 heterocycles. The van der Waals surface area contributed by atoms with Gasteiger partial charge < -0.3 is 14.6 Å². The van der Waals surface area contributed by atoms with E-state index in [0.29, 0.717) is 24.9 Å². The molecule has 0 fully saturated rings. The lowest BCUT2D eigenvalue weighted by atomic mass is 10.1. The molecule has 124 valence electrons. The molecule has 0 radical (unpaired) electrons. The van der Waals surface area contributed by atoms with Crippen molar-refractivity contribution in [1.82, 2.24) is 20.3 Å². The van der Waals surface area contributed by atoms with Crippen LogP contribution in [0.3, 0.4) is 0 Å². The summed E-state index contributed by atoms with van der Waals surface area (Å²) in [6.45, 7) is 3.37. The van der Waals surface area contributed by atoms with Crippen molar-refractivity contribution in [3.8, 4) is 11.5 Å². The van der Waals surface area contributed by atoms with Gasteiger partial charge in [-0.2, -0.15) is 0 Å². The topological polar surface area (TPSA) is 67.1 Å². The van der Waals surface area contributed by atoms with Crippen LogP contribution in [0.5, 0.6) is 0 Å². The predicted molar refractivity (Wildman–Crippen MR) is 93.6 cm³/mol. The molecule has 6 heteroatoms. The molecule has 0 aliphatic heterocycles. The van der Waals surface area contributed by atoms with Crippen molar-refractivity contribution in [2.24, 2.45) is 0 Å². The van der Waals surface area contributed by atoms with Gasteiger partial charge in [0.2, 0.25) is 11.8 Å². The summed E-state index contributed by atoms with van der Waals surface area (Å²) in [6.07, 6.45) is 5.35. The highest BCUT2D eigenvalue weighted by Crippen LogP contribution is 2.19. The van der Waals surface area contributed by atoms with Gasteiger partial charge in [-0.15, -0.1) is 0 Å². The highest BCUT2D eigenvalue weighted by Gasteiger charge is 2.06. The summed E-state index contributed by atoms with van der Waals surface area (Å²) in [5.74, 6) is 1.35. The van der Waals surface area contributed by atoms with E-state index in [9.17, 15) is 0 Å². The van der Waals surface area contributed by atoms with Gasteiger partial charge in [0.25, 0.3) is 0 Å². The van der Waals surface area contributed by atoms with Crippen molar-refractivity contribution in [2.45, 2.75) is 20.0 Å². The van der Waals surface area contributed by atoms with E-state index < -0.39 is 0 Å². The SMILES string of the molecule is Cc1ccc(-c2nc(CNCc3cnc(N(C)C)nc3)co2)cc1. The third-order valence-electron chi connectivity index (χ3n) is 3.58. The molecule has 0 bridgehead atoms. The number of nitrogens with zero attached hydrogens (tertiary/aromatic N) is 4. The predicted octanol–water partition coefficient (Wildman–Crippen LogP) is 2.80. The molecule has 3 aromatic rings. The van der Waals surface area contributed by atoms with E-state index in [4.69, 9.17) is 4.42 Å². The van der Waals surface area contributed by atoms with E-state index in [-0.39, 0.29) is 0 Å². The van der Waals surface area contributed by atoms with Crippen molar-refractivity contribution in [3.05, 3.63) is 59.7 Å². The van der Waals surface area contributed by atoms with Gasteiger partial charge in [0.05, 0.1) is 5.69 Å². The van der Waals surface area contributed by atoms with Crippen LogP contribution in [0.2, 0.25) is 0 Å². The van der Waals surface area contributed by atoms with E-state index in [0.717, 1.165) is 16.8 Å². The molecule has 2 aromatic heterocycles. The molecule has 0 aliphatic carbocycles. The van der Waals surface area contributed by atoms with Gasteiger partial charge in [0, 0.05) is 50.7 Å². The molecule has 0 saturated carbocycles. The number of hydrogen-bond acceptors (Lipinski definition) is 6. The molecule has 0 aliphatic rings. The summed E-state index contributed by atoms with van der Waals surface area (Å²) in [7, 11) is 3.84. The first kappa shape index (κ1) is 16.1. The summed E-state index contributed by atoms with van der Waals surface area (Å²) in [4.78, 5) is 15.0. The third kappa shape index (κ3) is 3.97. The maximum Gasteiger partial charge on any atom is 0.226 e. The first-order valence-corrected chi connectivity index (χ1v) is 7.82. The molecular weight excluding hydrogens is 302 g/mol. The first-order chi connectivity index (χ1) is 11.6. The maximum absolute atomic E-state index is 5.55. The zero-order valence-electron chi connectivity index (χ0n) is 14.2. The Labute approximate surface area is 141 Å². The molecule has 1 aromatic carbocycles. The quantitative estimate of drug-likeness (QED) is 0.752. The first-order valence-electron chi connectivity index (χ1n) is 7.82. The molecule has 24 heavy (non-hydrogen) atoms. The van der Waals surface area contributed by atoms with Crippen LogP contribution in [-0.2, 0) is 13.1 Å². The van der Waals surface area contributed by atoms with Crippen LogP contribution in [0, 0.1) is 6.92 Å². The van der Waals surface area contributed by atoms with Crippen molar-refractivity contribution < 1.29 is 4.42 Å². The molecule has 0 atom stereocenters. The van der Waals surface area contributed by atoms with Crippen LogP contribution in [-0.4, -0.2) is 29.0 Å². The van der Waals surface area contributed by atoms with E-state index in [2.05, 4.69) is 39.3 Å². The Hall–Kier alpha value is -2.73. The standard InChI is InChI=1S/C18H21N5O/c1-13-4-6-15(7-5-13)17-22-16(12-24-17)11-19-8-14-9-20-18(21-10-14)23(2)3/h4-7,9-10,12,19H,8,11H2,1-3H3. The van der Waals surface area contributed by atoms with Crippen molar-refractivity contribution in [1.29, 1.82) is 0 Å². The second-order valence-corrected chi connectivity index (χ2v) is 5.90. The molecule has 0 saturated heterocycles. The average Bonchev–Trinajstić information content (AvgIpc) is 3.05. The van der Waals surface area contributed by atoms with Gasteiger partial charge in [0.15, 0.2) is 0 Å². The summed E-state index contributed by atoms with van der Waals surface area (Å²) >= 11 is 0. The van der Waals surface area contributed by atoms with Crippen LogP contribution >= 0.6 is 0 Å². The van der Waals surface area contributed by atoms with Crippen LogP contribution in [0.1, 0.15) is 16.8 Å². The Morgan fingerprint density at radius 1 is 1.04 bits per heavy atom. The number of nitrogens with one attached hydrogen (secondary N) is 1. The fourth-order valence-electron chi connectivity index (χ4n) is 2.22. The minimum atomic E-state index is 0.630. The lowest BCUT2D eigenvalue weighted by Gasteiger charge is -2.09. The number of hydrogen-bond donors (Lipinski definition) is 1. The Morgan fingerprint density at radius 3 is 2.42 bits per heavy atom. The lowest BCUT2D eigenvalue weighted by Crippen LogP contribution is -2.15. The minimum absolute atomic E-state index is 0.630. The molecule has 0 unspecified atom stereocenters. The molecule has 1 N–H and O–H groups in total. The highest BCUT2D eigenvalue weighted by atomic mass is 16.3. The van der Waals surface area contributed by atoms with Crippen LogP contribution < -0.4 is 10.2 Å². The Kier molecular flexibility index (Phi) is 4.86. The van der Waals surface area contributed by atoms with E-state index >= 15 is 0 Å². The summed E-state index contributed by atoms with van der Waals surface area (Å²) in [5, 5.41) is 3.32. The molecule has 3 rings (SSSR count). The third-order valence-corrected chi connectivity index (χ3v) is 3.58. The smallest absolute Gasteiger partial charge is 0.226 e. The van der Waals surface area contributed by atoms with E-state index in [1.54, 1.807) is 6.26 Å². The molecule has 0 spiro atoms. The zero-order valence-corrected chi connectivity index (χ0v) is 14.2. The van der Waals surface area contributed by atoms with Crippen molar-refractivity contribution in [2.75, 3.05) is 19.0 Å². The summed E-state index contributed by atoms with van der Waals surface area (Å²) in [5.41, 5.74) is 4.11. The van der Waals surface area contributed by atoms with Crippen LogP contribution in [0.25, 0.3) is 11.5 Å². The van der Waals surface area contributed by atoms with E-state index in [1.165, 1.54) is 5.56 Å². The summed E-state index contributed by atoms with van der Waals surface area (Å²) < 4.78 is 5.55. The van der Waals surface area contributed by atoms with Crippen LogP contribution in [0.15, 0.2) is 47.3 Å². The second kappa shape index (κ2) is 7.23. The Balaban J connectivity index is 1.54. The molecule has 6 nitrogen and oxygen atoms in total. The van der Waals surface area contributed by atoms with Gasteiger partial charge >= 0.3 is 0 Å². The fraction of sp³-hybridized carbons (Fsp3) is 0.278. The number of benzene rings is 1. The Morgan fingerprint density at radius 2 is 1.75 bits per heavy atom. The minimum Gasteiger partial charge on any atom is -0.444 e. The molecule has 0 amide bonds. The van der Waals surface area contributed by atoms with E-state index in [1.807, 2.05) is 43.5 Å². The molecular formula is C18H21N5O. The monoisotopic (exact) mass is 323 g/mol. The largest absolute Gasteiger partial charge is 0.444 e. The Bertz CT molecular complexity index is 778. The summed E-state index contributed by atoms with van der Waals surface area (Å²) in [6, 6.07) is 8.13. The second-order valence-electron chi connectivity index (χ2n) is 5.90. The van der Waals surface area contributed by atoms with Gasteiger partial charge in [-0.1, -0.05) is 17.7 Å². The van der Waals surface area contributed by atoms with Crippen molar-refractivity contribution >= 4 is 5.95 Å².